The van der Waals surface area contributed by atoms with E-state index < -0.39 is 0 Å². The van der Waals surface area contributed by atoms with E-state index in [-0.39, 0.29) is 0 Å². The van der Waals surface area contributed by atoms with Crippen molar-refractivity contribution in [2.45, 2.75) is 26.3 Å². The fourth-order valence-corrected chi connectivity index (χ4v) is 2.60. The standard InChI is InChI=1S/C15H18N2O/c1-11-7-8-17-13(9-11)10-16-15(17)12-3-5-14(18-2)6-4-12/h3-6,10-11H,7-9H2,1-2H3. The van der Waals surface area contributed by atoms with Gasteiger partial charge in [-0.15, -0.1) is 0 Å². The van der Waals surface area contributed by atoms with Crippen molar-refractivity contribution in [2.24, 2.45) is 5.92 Å². The Morgan fingerprint density at radius 3 is 2.78 bits per heavy atom. The highest BCUT2D eigenvalue weighted by Crippen LogP contribution is 2.27. The van der Waals surface area contributed by atoms with Crippen molar-refractivity contribution in [3.05, 3.63) is 36.2 Å². The van der Waals surface area contributed by atoms with Gasteiger partial charge in [0.15, 0.2) is 0 Å². The number of imidazole rings is 1. The smallest absolute Gasteiger partial charge is 0.140 e. The van der Waals surface area contributed by atoms with Crippen LogP contribution in [0.5, 0.6) is 5.75 Å². The molecule has 1 aromatic heterocycles. The number of nitrogens with zero attached hydrogens (tertiary/aromatic N) is 2. The van der Waals surface area contributed by atoms with Gasteiger partial charge in [-0.2, -0.15) is 0 Å². The number of ether oxygens (including phenoxy) is 1. The second-order valence-corrected chi connectivity index (χ2v) is 5.05. The van der Waals surface area contributed by atoms with Gasteiger partial charge in [0.1, 0.15) is 11.6 Å². The maximum Gasteiger partial charge on any atom is 0.140 e. The van der Waals surface area contributed by atoms with E-state index in [9.17, 15) is 0 Å². The lowest BCUT2D eigenvalue weighted by atomic mass is 9.98. The Morgan fingerprint density at radius 2 is 2.06 bits per heavy atom. The first kappa shape index (κ1) is 11.3. The van der Waals surface area contributed by atoms with E-state index in [2.05, 4.69) is 28.6 Å². The number of hydrogen-bond donors (Lipinski definition) is 0. The molecule has 3 nitrogen and oxygen atoms in total. The van der Waals surface area contributed by atoms with Crippen molar-refractivity contribution in [3.8, 4) is 17.1 Å². The third kappa shape index (κ3) is 1.90. The van der Waals surface area contributed by atoms with Gasteiger partial charge in [0.2, 0.25) is 0 Å². The molecular formula is C15H18N2O. The summed E-state index contributed by atoms with van der Waals surface area (Å²) in [7, 11) is 1.69. The lowest BCUT2D eigenvalue weighted by Gasteiger charge is -2.21. The molecule has 0 aliphatic carbocycles. The van der Waals surface area contributed by atoms with Crippen LogP contribution in [-0.4, -0.2) is 16.7 Å². The Morgan fingerprint density at radius 1 is 1.28 bits per heavy atom. The second kappa shape index (κ2) is 4.48. The average Bonchev–Trinajstić information content (AvgIpc) is 2.81. The zero-order chi connectivity index (χ0) is 12.5. The monoisotopic (exact) mass is 242 g/mol. The van der Waals surface area contributed by atoms with Crippen molar-refractivity contribution in [1.82, 2.24) is 9.55 Å². The molecule has 2 heterocycles. The normalized spacial score (nSPS) is 18.4. The van der Waals surface area contributed by atoms with E-state index in [1.165, 1.54) is 12.1 Å². The molecule has 1 unspecified atom stereocenters. The molecule has 0 N–H and O–H groups in total. The molecule has 3 rings (SSSR count). The highest BCUT2D eigenvalue weighted by atomic mass is 16.5. The summed E-state index contributed by atoms with van der Waals surface area (Å²) >= 11 is 0. The van der Waals surface area contributed by atoms with Gasteiger partial charge in [-0.1, -0.05) is 6.92 Å². The maximum absolute atomic E-state index is 5.19. The summed E-state index contributed by atoms with van der Waals surface area (Å²) in [6.07, 6.45) is 4.41. The topological polar surface area (TPSA) is 27.1 Å². The highest BCUT2D eigenvalue weighted by Gasteiger charge is 2.19. The third-order valence-electron chi connectivity index (χ3n) is 3.69. The van der Waals surface area contributed by atoms with Gasteiger partial charge in [0, 0.05) is 24.0 Å². The van der Waals surface area contributed by atoms with Crippen LogP contribution in [-0.2, 0) is 13.0 Å². The molecule has 1 aromatic carbocycles. The number of aromatic nitrogens is 2. The molecular weight excluding hydrogens is 224 g/mol. The van der Waals surface area contributed by atoms with Crippen LogP contribution in [0.3, 0.4) is 0 Å². The summed E-state index contributed by atoms with van der Waals surface area (Å²) in [5.74, 6) is 2.75. The van der Waals surface area contributed by atoms with E-state index >= 15 is 0 Å². The van der Waals surface area contributed by atoms with Gasteiger partial charge >= 0.3 is 0 Å². The fourth-order valence-electron chi connectivity index (χ4n) is 2.60. The highest BCUT2D eigenvalue weighted by molar-refractivity contribution is 5.57. The van der Waals surface area contributed by atoms with Gasteiger partial charge in [-0.25, -0.2) is 4.98 Å². The molecule has 0 saturated carbocycles. The molecule has 0 amide bonds. The van der Waals surface area contributed by atoms with Gasteiger partial charge < -0.3 is 9.30 Å². The first-order chi connectivity index (χ1) is 8.78. The quantitative estimate of drug-likeness (QED) is 0.809. The molecule has 3 heteroatoms. The van der Waals surface area contributed by atoms with Crippen LogP contribution in [0.1, 0.15) is 19.0 Å². The van der Waals surface area contributed by atoms with Crippen LogP contribution < -0.4 is 4.74 Å². The van der Waals surface area contributed by atoms with Crippen LogP contribution in [0.4, 0.5) is 0 Å². The lowest BCUT2D eigenvalue weighted by Crippen LogP contribution is -2.17. The lowest BCUT2D eigenvalue weighted by molar-refractivity contribution is 0.414. The molecule has 2 aromatic rings. The summed E-state index contributed by atoms with van der Waals surface area (Å²) in [5.41, 5.74) is 2.52. The average molecular weight is 242 g/mol. The summed E-state index contributed by atoms with van der Waals surface area (Å²) in [4.78, 5) is 4.58. The van der Waals surface area contributed by atoms with Crippen molar-refractivity contribution >= 4 is 0 Å². The number of methoxy groups -OCH3 is 1. The molecule has 1 atom stereocenters. The van der Waals surface area contributed by atoms with E-state index in [0.717, 1.165) is 36.0 Å². The number of fused-ring (bicyclic) bond motifs is 1. The summed E-state index contributed by atoms with van der Waals surface area (Å²) < 4.78 is 7.54. The van der Waals surface area contributed by atoms with Crippen molar-refractivity contribution in [3.63, 3.8) is 0 Å². The first-order valence-electron chi connectivity index (χ1n) is 6.47. The van der Waals surface area contributed by atoms with Crippen LogP contribution >= 0.6 is 0 Å². The van der Waals surface area contributed by atoms with Crippen molar-refractivity contribution in [1.29, 1.82) is 0 Å². The summed E-state index contributed by atoms with van der Waals surface area (Å²) in [6.45, 7) is 3.39. The van der Waals surface area contributed by atoms with Crippen molar-refractivity contribution < 1.29 is 4.74 Å². The molecule has 0 bridgehead atoms. The van der Waals surface area contributed by atoms with E-state index in [1.54, 1.807) is 7.11 Å². The predicted molar refractivity (Wildman–Crippen MR) is 71.7 cm³/mol. The SMILES string of the molecule is COc1ccc(-c2ncc3n2CCC(C)C3)cc1. The Labute approximate surface area is 107 Å². The molecule has 1 aliphatic rings. The Bertz CT molecular complexity index is 542. The fraction of sp³-hybridized carbons (Fsp3) is 0.400. The van der Waals surface area contributed by atoms with Gasteiger partial charge in [-0.05, 0) is 43.0 Å². The number of benzene rings is 1. The Balaban J connectivity index is 1.97. The van der Waals surface area contributed by atoms with Gasteiger partial charge in [0.05, 0.1) is 7.11 Å². The zero-order valence-corrected chi connectivity index (χ0v) is 10.9. The van der Waals surface area contributed by atoms with E-state index in [4.69, 9.17) is 4.74 Å². The summed E-state index contributed by atoms with van der Waals surface area (Å²) in [6, 6.07) is 8.13. The number of rotatable bonds is 2. The molecule has 0 radical (unpaired) electrons. The van der Waals surface area contributed by atoms with Crippen molar-refractivity contribution in [2.75, 3.05) is 7.11 Å². The first-order valence-corrected chi connectivity index (χ1v) is 6.47. The van der Waals surface area contributed by atoms with Crippen LogP contribution in [0, 0.1) is 5.92 Å². The molecule has 0 spiro atoms. The van der Waals surface area contributed by atoms with Gasteiger partial charge in [-0.3, -0.25) is 0 Å². The van der Waals surface area contributed by atoms with Crippen LogP contribution in [0.2, 0.25) is 0 Å². The molecule has 18 heavy (non-hydrogen) atoms. The van der Waals surface area contributed by atoms with Crippen LogP contribution in [0.25, 0.3) is 11.4 Å². The molecule has 94 valence electrons. The van der Waals surface area contributed by atoms with Gasteiger partial charge in [0.25, 0.3) is 0 Å². The Kier molecular flexibility index (Phi) is 2.82. The second-order valence-electron chi connectivity index (χ2n) is 5.05. The number of hydrogen-bond acceptors (Lipinski definition) is 2. The van der Waals surface area contributed by atoms with E-state index in [0.29, 0.717) is 0 Å². The maximum atomic E-state index is 5.19. The van der Waals surface area contributed by atoms with Crippen LogP contribution in [0.15, 0.2) is 30.5 Å². The molecule has 1 aliphatic heterocycles. The zero-order valence-electron chi connectivity index (χ0n) is 10.9. The predicted octanol–water partition coefficient (Wildman–Crippen LogP) is 3.14. The minimum atomic E-state index is 0.776. The third-order valence-corrected chi connectivity index (χ3v) is 3.69. The molecule has 0 saturated heterocycles. The Hall–Kier alpha value is -1.77. The molecule has 0 fully saturated rings. The van der Waals surface area contributed by atoms with E-state index in [1.807, 2.05) is 18.3 Å². The largest absolute Gasteiger partial charge is 0.497 e. The minimum absolute atomic E-state index is 0.776. The summed E-state index contributed by atoms with van der Waals surface area (Å²) in [5, 5.41) is 0. The minimum Gasteiger partial charge on any atom is -0.497 e.